The summed E-state index contributed by atoms with van der Waals surface area (Å²) in [4.78, 5) is 8.28. The van der Waals surface area contributed by atoms with Crippen LogP contribution < -0.4 is 16.8 Å². The molecule has 0 radical (unpaired) electrons. The van der Waals surface area contributed by atoms with Crippen molar-refractivity contribution in [1.82, 2.24) is 9.97 Å². The quantitative estimate of drug-likeness (QED) is 0.619. The number of nitrogens with zero attached hydrogens (tertiary/aromatic N) is 2. The van der Waals surface area contributed by atoms with E-state index in [0.29, 0.717) is 23.8 Å². The highest BCUT2D eigenvalue weighted by Gasteiger charge is 2.20. The number of benzene rings is 1. The number of aromatic hydroxyl groups is 1. The maximum absolute atomic E-state index is 9.67. The fourth-order valence-electron chi connectivity index (χ4n) is 2.03. The van der Waals surface area contributed by atoms with E-state index in [1.54, 1.807) is 13.8 Å². The van der Waals surface area contributed by atoms with Crippen molar-refractivity contribution in [3.05, 3.63) is 47.3 Å². The molecule has 6 nitrogen and oxygen atoms in total. The van der Waals surface area contributed by atoms with E-state index in [1.807, 2.05) is 30.3 Å². The van der Waals surface area contributed by atoms with Gasteiger partial charge in [-0.15, -0.1) is 0 Å². The number of aromatic nitrogens is 2. The Balaban J connectivity index is 2.03. The van der Waals surface area contributed by atoms with Crippen LogP contribution in [0.2, 0.25) is 0 Å². The first-order valence-electron chi connectivity index (χ1n) is 6.81. The van der Waals surface area contributed by atoms with Crippen molar-refractivity contribution < 1.29 is 5.11 Å². The Morgan fingerprint density at radius 1 is 1.10 bits per heavy atom. The maximum Gasteiger partial charge on any atom is 0.225 e. The summed E-state index contributed by atoms with van der Waals surface area (Å²) >= 11 is 0. The van der Waals surface area contributed by atoms with Crippen LogP contribution in [0.1, 0.15) is 23.4 Å². The lowest BCUT2D eigenvalue weighted by Crippen LogP contribution is -2.56. The van der Waals surface area contributed by atoms with Crippen LogP contribution in [0.3, 0.4) is 0 Å². The molecule has 0 aliphatic carbocycles. The molecule has 0 fully saturated rings. The minimum atomic E-state index is -1.12. The number of hydrogen-bond donors (Lipinski definition) is 4. The van der Waals surface area contributed by atoms with E-state index in [1.165, 1.54) is 5.56 Å². The van der Waals surface area contributed by atoms with Gasteiger partial charge in [-0.2, -0.15) is 0 Å². The van der Waals surface area contributed by atoms with E-state index in [9.17, 15) is 5.11 Å². The van der Waals surface area contributed by atoms with Crippen LogP contribution in [-0.4, -0.2) is 20.9 Å². The van der Waals surface area contributed by atoms with Gasteiger partial charge in [0.1, 0.15) is 5.79 Å². The molecule has 0 unspecified atom stereocenters. The van der Waals surface area contributed by atoms with Gasteiger partial charge in [0.2, 0.25) is 5.95 Å². The first kappa shape index (κ1) is 15.2. The van der Waals surface area contributed by atoms with Crippen molar-refractivity contribution in [2.24, 2.45) is 11.5 Å². The van der Waals surface area contributed by atoms with E-state index in [0.717, 1.165) is 6.42 Å². The van der Waals surface area contributed by atoms with Crippen molar-refractivity contribution in [3.8, 4) is 5.75 Å². The zero-order valence-corrected chi connectivity index (χ0v) is 12.3. The van der Waals surface area contributed by atoms with Gasteiger partial charge < -0.3 is 10.4 Å². The minimum absolute atomic E-state index is 0.0875. The molecule has 0 spiro atoms. The summed E-state index contributed by atoms with van der Waals surface area (Å²) < 4.78 is 0. The zero-order valence-electron chi connectivity index (χ0n) is 12.3. The third kappa shape index (κ3) is 4.14. The predicted molar refractivity (Wildman–Crippen MR) is 82.7 cm³/mol. The number of nitrogens with two attached hydrogens (primary N) is 2. The van der Waals surface area contributed by atoms with Crippen LogP contribution in [0.5, 0.6) is 5.75 Å². The molecule has 1 aromatic heterocycles. The van der Waals surface area contributed by atoms with Crippen LogP contribution >= 0.6 is 0 Å². The number of anilines is 1. The molecule has 0 saturated carbocycles. The third-order valence-electron chi connectivity index (χ3n) is 3.25. The Kier molecular flexibility index (Phi) is 4.40. The van der Waals surface area contributed by atoms with Crippen molar-refractivity contribution in [3.63, 3.8) is 0 Å². The maximum atomic E-state index is 9.67. The zero-order chi connectivity index (χ0) is 15.5. The molecule has 0 aliphatic rings. The average Bonchev–Trinajstić information content (AvgIpc) is 2.43. The second kappa shape index (κ2) is 6.07. The summed E-state index contributed by atoms with van der Waals surface area (Å²) in [7, 11) is 0. The van der Waals surface area contributed by atoms with Gasteiger partial charge in [-0.05, 0) is 25.8 Å². The van der Waals surface area contributed by atoms with E-state index in [4.69, 9.17) is 11.5 Å². The van der Waals surface area contributed by atoms with Crippen molar-refractivity contribution in [2.75, 3.05) is 5.32 Å². The van der Waals surface area contributed by atoms with Gasteiger partial charge >= 0.3 is 0 Å². The Bertz CT molecular complexity index is 590. The molecule has 0 saturated heterocycles. The molecule has 112 valence electrons. The lowest BCUT2D eigenvalue weighted by atomic mass is 10.1. The van der Waals surface area contributed by atoms with Gasteiger partial charge in [0.25, 0.3) is 0 Å². The highest BCUT2D eigenvalue weighted by molar-refractivity contribution is 5.38. The molecule has 0 amide bonds. The van der Waals surface area contributed by atoms with Crippen molar-refractivity contribution in [1.29, 1.82) is 0 Å². The Morgan fingerprint density at radius 2 is 1.67 bits per heavy atom. The lowest BCUT2D eigenvalue weighted by Gasteiger charge is -2.26. The molecule has 6 heteroatoms. The topological polar surface area (TPSA) is 110 Å². The molecular weight excluding hydrogens is 266 g/mol. The third-order valence-corrected chi connectivity index (χ3v) is 3.25. The summed E-state index contributed by atoms with van der Waals surface area (Å²) in [5.74, 6) is -0.712. The average molecular weight is 287 g/mol. The lowest BCUT2D eigenvalue weighted by molar-refractivity contribution is 0.450. The second-order valence-electron chi connectivity index (χ2n) is 5.22. The largest absolute Gasteiger partial charge is 0.504 e. The second-order valence-corrected chi connectivity index (χ2v) is 5.22. The van der Waals surface area contributed by atoms with Crippen LogP contribution in [0.4, 0.5) is 5.95 Å². The molecule has 1 heterocycles. The fourth-order valence-corrected chi connectivity index (χ4v) is 2.03. The standard InChI is InChI=1S/C15H21N5O/c1-10-13(21)11(2)19-14(18-10)20-15(16,17)9-8-12-6-4-3-5-7-12/h3-7,21H,8-9,16-17H2,1-2H3,(H,18,19,20). The van der Waals surface area contributed by atoms with Crippen LogP contribution in [0.15, 0.2) is 30.3 Å². The van der Waals surface area contributed by atoms with Gasteiger partial charge in [0.15, 0.2) is 5.75 Å². The first-order valence-corrected chi connectivity index (χ1v) is 6.81. The molecule has 0 bridgehead atoms. The highest BCUT2D eigenvalue weighted by atomic mass is 16.3. The summed E-state index contributed by atoms with van der Waals surface area (Å²) in [6, 6.07) is 9.99. The monoisotopic (exact) mass is 287 g/mol. The molecule has 0 aliphatic heterocycles. The summed E-state index contributed by atoms with van der Waals surface area (Å²) in [5.41, 5.74) is 14.3. The van der Waals surface area contributed by atoms with Crippen LogP contribution in [0, 0.1) is 13.8 Å². The van der Waals surface area contributed by atoms with Crippen molar-refractivity contribution >= 4 is 5.95 Å². The fraction of sp³-hybridized carbons (Fsp3) is 0.333. The van der Waals surface area contributed by atoms with E-state index >= 15 is 0 Å². The van der Waals surface area contributed by atoms with Gasteiger partial charge in [-0.25, -0.2) is 9.97 Å². The molecule has 2 rings (SSSR count). The molecule has 0 atom stereocenters. The first-order chi connectivity index (χ1) is 9.87. The smallest absolute Gasteiger partial charge is 0.225 e. The number of hydrogen-bond acceptors (Lipinski definition) is 6. The van der Waals surface area contributed by atoms with Crippen molar-refractivity contribution in [2.45, 2.75) is 32.5 Å². The number of nitrogens with one attached hydrogen (secondary N) is 1. The molecule has 21 heavy (non-hydrogen) atoms. The van der Waals surface area contributed by atoms with Gasteiger partial charge in [0, 0.05) is 6.42 Å². The van der Waals surface area contributed by atoms with Crippen LogP contribution in [-0.2, 0) is 6.42 Å². The van der Waals surface area contributed by atoms with Crippen LogP contribution in [0.25, 0.3) is 0 Å². The Hall–Kier alpha value is -2.18. The van der Waals surface area contributed by atoms with Gasteiger partial charge in [-0.1, -0.05) is 30.3 Å². The summed E-state index contributed by atoms with van der Waals surface area (Å²) in [6.07, 6.45) is 1.27. The summed E-state index contributed by atoms with van der Waals surface area (Å²) in [6.45, 7) is 3.40. The normalized spacial score (nSPS) is 11.4. The SMILES string of the molecule is Cc1nc(NC(N)(N)CCc2ccccc2)nc(C)c1O. The number of aryl methyl sites for hydroxylation is 3. The minimum Gasteiger partial charge on any atom is -0.504 e. The van der Waals surface area contributed by atoms with E-state index < -0.39 is 5.79 Å². The molecular formula is C15H21N5O. The Morgan fingerprint density at radius 3 is 2.24 bits per heavy atom. The van der Waals surface area contributed by atoms with Gasteiger partial charge in [0.05, 0.1) is 11.4 Å². The summed E-state index contributed by atoms with van der Waals surface area (Å²) in [5, 5.41) is 12.6. The van der Waals surface area contributed by atoms with Gasteiger partial charge in [-0.3, -0.25) is 11.5 Å². The molecule has 1 aromatic carbocycles. The van der Waals surface area contributed by atoms with E-state index in [-0.39, 0.29) is 5.75 Å². The molecule has 2 aromatic rings. The van der Waals surface area contributed by atoms with E-state index in [2.05, 4.69) is 15.3 Å². The highest BCUT2D eigenvalue weighted by Crippen LogP contribution is 2.20. The Labute approximate surface area is 124 Å². The molecule has 6 N–H and O–H groups in total. The predicted octanol–water partition coefficient (Wildman–Crippen LogP) is 1.41. The number of rotatable bonds is 5.